The number of pyridine rings is 1. The van der Waals surface area contributed by atoms with Crippen LogP contribution in [0.25, 0.3) is 37.9 Å². The van der Waals surface area contributed by atoms with Crippen LogP contribution in [0.1, 0.15) is 33.0 Å². The number of halogens is 4. The van der Waals surface area contributed by atoms with Gasteiger partial charge in [-0.1, -0.05) is 11.6 Å². The Labute approximate surface area is 266 Å². The molecule has 0 aliphatic heterocycles. The molecule has 2 aromatic carbocycles. The number of benzene rings is 2. The maximum Gasteiger partial charge on any atom is 0.418 e. The summed E-state index contributed by atoms with van der Waals surface area (Å²) in [5.41, 5.74) is -0.888. The van der Waals surface area contributed by atoms with E-state index in [9.17, 15) is 33.1 Å². The normalized spacial score (nSPS) is 11.7. The van der Waals surface area contributed by atoms with Crippen molar-refractivity contribution in [3.05, 3.63) is 98.0 Å². The van der Waals surface area contributed by atoms with Gasteiger partial charge in [-0.15, -0.1) is 11.3 Å². The molecule has 1 N–H and O–H groups in total. The topological polar surface area (TPSA) is 136 Å². The van der Waals surface area contributed by atoms with Gasteiger partial charge in [0.15, 0.2) is 0 Å². The van der Waals surface area contributed by atoms with E-state index in [1.807, 2.05) is 0 Å². The molecule has 15 heteroatoms. The highest BCUT2D eigenvalue weighted by Gasteiger charge is 2.37. The molecule has 0 saturated carbocycles. The fraction of sp³-hybridized carbons (Fsp3) is 0.161. The zero-order chi connectivity index (χ0) is 32.9. The van der Waals surface area contributed by atoms with E-state index < -0.39 is 34.5 Å². The number of nitriles is 1. The van der Waals surface area contributed by atoms with Crippen LogP contribution in [0.2, 0.25) is 5.02 Å². The molecule has 6 aromatic rings. The molecular weight excluding hydrogens is 645 g/mol. The minimum Gasteiger partial charge on any atom is -0.491 e. The molecule has 0 bridgehead atoms. The van der Waals surface area contributed by atoms with Crippen molar-refractivity contribution >= 4 is 50.0 Å². The number of rotatable bonds is 7. The summed E-state index contributed by atoms with van der Waals surface area (Å²) in [5, 5.41) is 21.3. The molecule has 4 aromatic heterocycles. The Morgan fingerprint density at radius 3 is 2.63 bits per heavy atom. The van der Waals surface area contributed by atoms with E-state index in [1.54, 1.807) is 37.3 Å². The molecule has 46 heavy (non-hydrogen) atoms. The largest absolute Gasteiger partial charge is 0.491 e. The third-order valence-corrected chi connectivity index (χ3v) is 8.51. The number of hydrogen-bond donors (Lipinski definition) is 1. The fourth-order valence-electron chi connectivity index (χ4n) is 5.30. The lowest BCUT2D eigenvalue weighted by Crippen LogP contribution is -2.28. The van der Waals surface area contributed by atoms with Gasteiger partial charge in [-0.05, 0) is 44.2 Å². The van der Waals surface area contributed by atoms with E-state index in [1.165, 1.54) is 40.6 Å². The number of aromatic nitrogens is 5. The summed E-state index contributed by atoms with van der Waals surface area (Å²) < 4.78 is 51.3. The molecule has 0 fully saturated rings. The quantitative estimate of drug-likeness (QED) is 0.197. The van der Waals surface area contributed by atoms with Gasteiger partial charge in [-0.3, -0.25) is 14.3 Å². The lowest BCUT2D eigenvalue weighted by Gasteiger charge is -2.18. The summed E-state index contributed by atoms with van der Waals surface area (Å²) in [6.07, 6.45) is -1.20. The van der Waals surface area contributed by atoms with Gasteiger partial charge in [0.25, 0.3) is 5.56 Å². The van der Waals surface area contributed by atoms with Gasteiger partial charge in [-0.2, -0.15) is 18.4 Å². The zero-order valence-electron chi connectivity index (χ0n) is 23.9. The summed E-state index contributed by atoms with van der Waals surface area (Å²) in [6.45, 7) is 3.09. The molecule has 10 nitrogen and oxygen atoms in total. The second-order valence-corrected chi connectivity index (χ2v) is 11.5. The first kappa shape index (κ1) is 30.8. The van der Waals surface area contributed by atoms with E-state index in [2.05, 4.69) is 15.0 Å². The molecule has 4 heterocycles. The number of alkyl halides is 3. The Morgan fingerprint density at radius 2 is 1.96 bits per heavy atom. The Bertz CT molecular complexity index is 2290. The first-order valence-electron chi connectivity index (χ1n) is 13.5. The van der Waals surface area contributed by atoms with Crippen LogP contribution < -0.4 is 10.3 Å². The van der Waals surface area contributed by atoms with Crippen LogP contribution in [-0.2, 0) is 12.7 Å². The summed E-state index contributed by atoms with van der Waals surface area (Å²) in [7, 11) is 0. The highest BCUT2D eigenvalue weighted by Crippen LogP contribution is 2.41. The lowest BCUT2D eigenvalue weighted by atomic mass is 10.0. The molecule has 0 spiro atoms. The number of aryl methyl sites for hydroxylation is 2. The maximum absolute atomic E-state index is 14.1. The van der Waals surface area contributed by atoms with Gasteiger partial charge in [0, 0.05) is 39.6 Å². The van der Waals surface area contributed by atoms with Crippen LogP contribution >= 0.6 is 22.9 Å². The van der Waals surface area contributed by atoms with Gasteiger partial charge in [-0.25, -0.2) is 14.8 Å². The number of aromatic carboxylic acids is 1. The Kier molecular flexibility index (Phi) is 7.75. The van der Waals surface area contributed by atoms with Crippen LogP contribution in [0.15, 0.2) is 59.2 Å². The van der Waals surface area contributed by atoms with Crippen molar-refractivity contribution in [2.75, 3.05) is 6.61 Å². The number of carboxylic acid groups (broad SMARTS) is 1. The van der Waals surface area contributed by atoms with Crippen molar-refractivity contribution in [1.82, 2.24) is 24.1 Å². The number of hydrogen-bond acceptors (Lipinski definition) is 8. The molecular formula is C31H20ClF3N6O4S. The zero-order valence-corrected chi connectivity index (χ0v) is 25.5. The fourth-order valence-corrected chi connectivity index (χ4v) is 6.48. The third kappa shape index (κ3) is 5.33. The number of thiophene rings is 1. The predicted octanol–water partition coefficient (Wildman–Crippen LogP) is 6.80. The summed E-state index contributed by atoms with van der Waals surface area (Å²) in [4.78, 5) is 38.0. The van der Waals surface area contributed by atoms with Crippen LogP contribution in [-0.4, -0.2) is 41.8 Å². The molecule has 0 amide bonds. The number of fused-ring (bicyclic) bond motifs is 2. The second kappa shape index (κ2) is 11.6. The van der Waals surface area contributed by atoms with Crippen molar-refractivity contribution in [1.29, 1.82) is 5.26 Å². The van der Waals surface area contributed by atoms with E-state index in [0.717, 1.165) is 17.0 Å². The van der Waals surface area contributed by atoms with Gasteiger partial charge in [0.05, 0.1) is 56.4 Å². The second-order valence-electron chi connectivity index (χ2n) is 10.2. The van der Waals surface area contributed by atoms with Crippen molar-refractivity contribution in [3.8, 4) is 28.6 Å². The summed E-state index contributed by atoms with van der Waals surface area (Å²) in [6, 6.07) is 9.27. The van der Waals surface area contributed by atoms with Gasteiger partial charge >= 0.3 is 12.1 Å². The molecule has 0 unspecified atom stereocenters. The van der Waals surface area contributed by atoms with E-state index in [-0.39, 0.29) is 35.4 Å². The van der Waals surface area contributed by atoms with E-state index in [0.29, 0.717) is 37.8 Å². The van der Waals surface area contributed by atoms with Crippen LogP contribution in [0.3, 0.4) is 0 Å². The van der Waals surface area contributed by atoms with Crippen molar-refractivity contribution in [2.45, 2.75) is 26.6 Å². The standard InChI is InChI=1S/C31H20ClF3N6O4S/c1-15-9-19(28-26(38-15)21(13-46-28)30(43)44)18-10-17(32)3-4-24(18)45-8-7-41-16(2)39-23-11-22(31(33,34)35)27(40-6-5-37-14-40)20(12-36)25(23)29(41)42/h3-6,9-11,13-14H,7-8H2,1-2H3,(H,43,44). The molecule has 0 aliphatic rings. The third-order valence-electron chi connectivity index (χ3n) is 7.28. The maximum atomic E-state index is 14.1. The van der Waals surface area contributed by atoms with E-state index >= 15 is 0 Å². The first-order chi connectivity index (χ1) is 21.9. The highest BCUT2D eigenvalue weighted by molar-refractivity contribution is 7.18. The van der Waals surface area contributed by atoms with Crippen molar-refractivity contribution in [3.63, 3.8) is 0 Å². The van der Waals surface area contributed by atoms with Crippen molar-refractivity contribution in [2.24, 2.45) is 0 Å². The average Bonchev–Trinajstić information content (AvgIpc) is 3.68. The minimum absolute atomic E-state index is 0.0606. The Balaban J connectivity index is 1.40. The van der Waals surface area contributed by atoms with Gasteiger partial charge in [0.2, 0.25) is 0 Å². The Hall–Kier alpha value is -5.26. The number of carboxylic acids is 1. The minimum atomic E-state index is -4.84. The van der Waals surface area contributed by atoms with Gasteiger partial charge < -0.3 is 14.4 Å². The Morgan fingerprint density at radius 1 is 1.17 bits per heavy atom. The molecule has 0 atom stereocenters. The molecule has 232 valence electrons. The van der Waals surface area contributed by atoms with Crippen molar-refractivity contribution < 1.29 is 27.8 Å². The average molecular weight is 665 g/mol. The lowest BCUT2D eigenvalue weighted by molar-refractivity contribution is -0.137. The van der Waals surface area contributed by atoms with E-state index in [4.69, 9.17) is 16.3 Å². The van der Waals surface area contributed by atoms with Gasteiger partial charge in [0.1, 0.15) is 24.3 Å². The molecule has 6 rings (SSSR count). The molecule has 0 aliphatic carbocycles. The number of carbonyl (C=O) groups is 1. The first-order valence-corrected chi connectivity index (χ1v) is 14.7. The summed E-state index contributed by atoms with van der Waals surface area (Å²) in [5.74, 6) is -0.596. The molecule has 0 saturated heterocycles. The monoisotopic (exact) mass is 664 g/mol. The van der Waals surface area contributed by atoms with Crippen LogP contribution in [0.5, 0.6) is 5.75 Å². The molecule has 0 radical (unpaired) electrons. The van der Waals surface area contributed by atoms with Crippen LogP contribution in [0, 0.1) is 25.2 Å². The summed E-state index contributed by atoms with van der Waals surface area (Å²) >= 11 is 7.56. The number of ether oxygens (including phenoxy) is 1. The number of imidazole rings is 1. The number of nitrogens with zero attached hydrogens (tertiary/aromatic N) is 6. The predicted molar refractivity (Wildman–Crippen MR) is 165 cm³/mol. The van der Waals surface area contributed by atoms with Crippen LogP contribution in [0.4, 0.5) is 13.2 Å². The smallest absolute Gasteiger partial charge is 0.418 e. The highest BCUT2D eigenvalue weighted by atomic mass is 35.5. The SMILES string of the molecule is Cc1cc(-c2cc(Cl)ccc2OCCn2c(C)nc3cc(C(F)(F)F)c(-n4ccnc4)c(C#N)c3c2=O)c2scc(C(=O)O)c2n1.